The second-order valence-electron chi connectivity index (χ2n) is 8.04. The SMILES string of the molecule is CCCOc1cncc(N2CC3CN(C(=O)OC(C)(C)C)CC3C2)c1. The van der Waals surface area contributed by atoms with E-state index in [2.05, 4.69) is 22.9 Å². The topological polar surface area (TPSA) is 54.9 Å². The molecule has 1 aromatic rings. The summed E-state index contributed by atoms with van der Waals surface area (Å²) >= 11 is 0. The highest BCUT2D eigenvalue weighted by Crippen LogP contribution is 2.35. The van der Waals surface area contributed by atoms with Crippen LogP contribution in [-0.2, 0) is 4.74 Å². The van der Waals surface area contributed by atoms with Crippen molar-refractivity contribution in [3.05, 3.63) is 18.5 Å². The van der Waals surface area contributed by atoms with Gasteiger partial charge in [-0.2, -0.15) is 0 Å². The minimum atomic E-state index is -0.439. The zero-order chi connectivity index (χ0) is 18.0. The molecule has 6 nitrogen and oxygen atoms in total. The van der Waals surface area contributed by atoms with Crippen LogP contribution in [0.4, 0.5) is 10.5 Å². The van der Waals surface area contributed by atoms with Crippen LogP contribution >= 0.6 is 0 Å². The standard InChI is InChI=1S/C19H29N3O3/c1-5-6-24-17-7-16(8-20-9-17)21-10-14-12-22(13-15(14)11-21)18(23)25-19(2,3)4/h7-9,14-15H,5-6,10-13H2,1-4H3. The van der Waals surface area contributed by atoms with Crippen LogP contribution in [0.5, 0.6) is 5.75 Å². The smallest absolute Gasteiger partial charge is 0.410 e. The van der Waals surface area contributed by atoms with E-state index < -0.39 is 5.60 Å². The van der Waals surface area contributed by atoms with Crippen LogP contribution in [0.1, 0.15) is 34.1 Å². The molecule has 2 aliphatic heterocycles. The second-order valence-corrected chi connectivity index (χ2v) is 8.04. The Hall–Kier alpha value is -1.98. The first-order valence-corrected chi connectivity index (χ1v) is 9.16. The first-order valence-electron chi connectivity index (χ1n) is 9.16. The fraction of sp³-hybridized carbons (Fsp3) is 0.684. The Balaban J connectivity index is 1.57. The quantitative estimate of drug-likeness (QED) is 0.837. The van der Waals surface area contributed by atoms with Crippen LogP contribution in [-0.4, -0.2) is 54.4 Å². The van der Waals surface area contributed by atoms with Crippen molar-refractivity contribution in [1.29, 1.82) is 0 Å². The molecule has 1 aromatic heterocycles. The van der Waals surface area contributed by atoms with E-state index in [1.165, 1.54) is 0 Å². The molecule has 0 spiro atoms. The van der Waals surface area contributed by atoms with Gasteiger partial charge in [-0.05, 0) is 27.2 Å². The molecule has 25 heavy (non-hydrogen) atoms. The molecule has 6 heteroatoms. The normalized spacial score (nSPS) is 22.9. The Morgan fingerprint density at radius 2 is 1.88 bits per heavy atom. The van der Waals surface area contributed by atoms with Gasteiger partial charge in [0.25, 0.3) is 0 Å². The van der Waals surface area contributed by atoms with E-state index in [-0.39, 0.29) is 6.09 Å². The summed E-state index contributed by atoms with van der Waals surface area (Å²) < 4.78 is 11.2. The van der Waals surface area contributed by atoms with Crippen molar-refractivity contribution in [3.63, 3.8) is 0 Å². The summed E-state index contributed by atoms with van der Waals surface area (Å²) in [5, 5.41) is 0. The van der Waals surface area contributed by atoms with Crippen LogP contribution in [0.3, 0.4) is 0 Å². The van der Waals surface area contributed by atoms with Crippen LogP contribution in [0, 0.1) is 11.8 Å². The van der Waals surface area contributed by atoms with Gasteiger partial charge >= 0.3 is 6.09 Å². The Bertz CT molecular complexity index is 600. The summed E-state index contributed by atoms with van der Waals surface area (Å²) in [6, 6.07) is 2.06. The summed E-state index contributed by atoms with van der Waals surface area (Å²) in [5.74, 6) is 1.81. The van der Waals surface area contributed by atoms with Crippen molar-refractivity contribution in [2.45, 2.75) is 39.7 Å². The van der Waals surface area contributed by atoms with Crippen molar-refractivity contribution in [2.75, 3.05) is 37.7 Å². The number of hydrogen-bond acceptors (Lipinski definition) is 5. The third kappa shape index (κ3) is 4.35. The van der Waals surface area contributed by atoms with Crippen molar-refractivity contribution in [2.24, 2.45) is 11.8 Å². The van der Waals surface area contributed by atoms with Gasteiger partial charge in [-0.3, -0.25) is 4.98 Å². The maximum absolute atomic E-state index is 12.3. The largest absolute Gasteiger partial charge is 0.492 e. The van der Waals surface area contributed by atoms with Gasteiger partial charge in [0.05, 0.1) is 24.7 Å². The predicted molar refractivity (Wildman–Crippen MR) is 97.0 cm³/mol. The molecular formula is C19H29N3O3. The van der Waals surface area contributed by atoms with Crippen LogP contribution in [0.15, 0.2) is 18.5 Å². The molecule has 0 bridgehead atoms. The molecule has 2 saturated heterocycles. The number of nitrogens with zero attached hydrogens (tertiary/aromatic N) is 3. The molecule has 1 amide bonds. The molecule has 0 aliphatic carbocycles. The van der Waals surface area contributed by atoms with Crippen LogP contribution in [0.2, 0.25) is 0 Å². The lowest BCUT2D eigenvalue weighted by atomic mass is 10.0. The summed E-state index contributed by atoms with van der Waals surface area (Å²) in [6.45, 7) is 12.0. The van der Waals surface area contributed by atoms with Crippen molar-refractivity contribution >= 4 is 11.8 Å². The average molecular weight is 347 g/mol. The molecule has 138 valence electrons. The molecule has 3 heterocycles. The molecule has 2 aliphatic rings. The number of carbonyl (C=O) groups excluding carboxylic acids is 1. The van der Waals surface area contributed by atoms with Gasteiger partial charge in [0.1, 0.15) is 11.4 Å². The lowest BCUT2D eigenvalue weighted by Crippen LogP contribution is -2.37. The molecular weight excluding hydrogens is 318 g/mol. The Morgan fingerprint density at radius 3 is 2.48 bits per heavy atom. The third-order valence-electron chi connectivity index (χ3n) is 4.67. The monoisotopic (exact) mass is 347 g/mol. The Labute approximate surface area is 150 Å². The van der Waals surface area contributed by atoms with Crippen molar-refractivity contribution in [1.82, 2.24) is 9.88 Å². The summed E-state index contributed by atoms with van der Waals surface area (Å²) in [5.41, 5.74) is 0.664. The fourth-order valence-electron chi connectivity index (χ4n) is 3.56. The van der Waals surface area contributed by atoms with E-state index in [1.807, 2.05) is 31.9 Å². The zero-order valence-corrected chi connectivity index (χ0v) is 15.7. The average Bonchev–Trinajstić information content (AvgIpc) is 3.10. The van der Waals surface area contributed by atoms with E-state index in [0.29, 0.717) is 18.4 Å². The number of hydrogen-bond donors (Lipinski definition) is 0. The first-order chi connectivity index (χ1) is 11.9. The number of aromatic nitrogens is 1. The number of likely N-dealkylation sites (tertiary alicyclic amines) is 1. The molecule has 2 fully saturated rings. The minimum absolute atomic E-state index is 0.190. The minimum Gasteiger partial charge on any atom is -0.492 e. The van der Waals surface area contributed by atoms with Gasteiger partial charge in [-0.25, -0.2) is 4.79 Å². The molecule has 0 radical (unpaired) electrons. The molecule has 0 saturated carbocycles. The van der Waals surface area contributed by atoms with Gasteiger partial charge in [0, 0.05) is 44.1 Å². The number of anilines is 1. The number of rotatable bonds is 4. The lowest BCUT2D eigenvalue weighted by molar-refractivity contribution is 0.0282. The number of pyridine rings is 1. The Kier molecular flexibility index (Phi) is 5.06. The van der Waals surface area contributed by atoms with Gasteiger partial charge in [-0.15, -0.1) is 0 Å². The van der Waals surface area contributed by atoms with E-state index in [9.17, 15) is 4.79 Å². The zero-order valence-electron chi connectivity index (χ0n) is 15.7. The van der Waals surface area contributed by atoms with Crippen LogP contribution < -0.4 is 9.64 Å². The van der Waals surface area contributed by atoms with E-state index >= 15 is 0 Å². The molecule has 2 atom stereocenters. The number of fused-ring (bicyclic) bond motifs is 1. The summed E-state index contributed by atoms with van der Waals surface area (Å²) in [7, 11) is 0. The molecule has 0 aromatic carbocycles. The van der Waals surface area contributed by atoms with E-state index in [1.54, 1.807) is 6.20 Å². The van der Waals surface area contributed by atoms with E-state index in [4.69, 9.17) is 9.47 Å². The number of ether oxygens (including phenoxy) is 2. The number of carbonyl (C=O) groups is 1. The van der Waals surface area contributed by atoms with Gasteiger partial charge < -0.3 is 19.3 Å². The summed E-state index contributed by atoms with van der Waals surface area (Å²) in [4.78, 5) is 20.8. The van der Waals surface area contributed by atoms with E-state index in [0.717, 1.165) is 44.0 Å². The maximum Gasteiger partial charge on any atom is 0.410 e. The van der Waals surface area contributed by atoms with Gasteiger partial charge in [0.2, 0.25) is 0 Å². The summed E-state index contributed by atoms with van der Waals surface area (Å²) in [6.07, 6.45) is 4.45. The Morgan fingerprint density at radius 1 is 1.20 bits per heavy atom. The predicted octanol–water partition coefficient (Wildman–Crippen LogP) is 3.17. The molecule has 3 rings (SSSR count). The highest BCUT2D eigenvalue weighted by atomic mass is 16.6. The second kappa shape index (κ2) is 7.10. The molecule has 2 unspecified atom stereocenters. The molecule has 0 N–H and O–H groups in total. The third-order valence-corrected chi connectivity index (χ3v) is 4.67. The maximum atomic E-state index is 12.3. The van der Waals surface area contributed by atoms with Crippen molar-refractivity contribution < 1.29 is 14.3 Å². The lowest BCUT2D eigenvalue weighted by Gasteiger charge is -2.26. The van der Waals surface area contributed by atoms with Gasteiger partial charge in [-0.1, -0.05) is 6.92 Å². The highest BCUT2D eigenvalue weighted by Gasteiger charge is 2.42. The fourth-order valence-corrected chi connectivity index (χ4v) is 3.56. The van der Waals surface area contributed by atoms with Crippen molar-refractivity contribution in [3.8, 4) is 5.75 Å². The highest BCUT2D eigenvalue weighted by molar-refractivity contribution is 5.68. The number of amides is 1. The first kappa shape index (κ1) is 17.8. The van der Waals surface area contributed by atoms with Crippen LogP contribution in [0.25, 0.3) is 0 Å². The van der Waals surface area contributed by atoms with Gasteiger partial charge in [0.15, 0.2) is 0 Å².